The number of imidazole rings is 1. The minimum atomic E-state index is -0.718. The third-order valence-electron chi connectivity index (χ3n) is 3.91. The van der Waals surface area contributed by atoms with E-state index in [0.29, 0.717) is 5.56 Å². The fraction of sp³-hybridized carbons (Fsp3) is 0.111. The molecule has 0 saturated carbocycles. The number of nitrogens with one attached hydrogen (secondary N) is 1. The van der Waals surface area contributed by atoms with Crippen LogP contribution in [0.3, 0.4) is 0 Å². The van der Waals surface area contributed by atoms with Gasteiger partial charge in [-0.15, -0.1) is 11.3 Å². The molecule has 0 aliphatic carbocycles. The highest BCUT2D eigenvalue weighted by atomic mass is 32.1. The maximum absolute atomic E-state index is 12.3. The fourth-order valence-corrected chi connectivity index (χ4v) is 3.67. The molecule has 0 aliphatic rings. The maximum Gasteiger partial charge on any atom is 0.251 e. The Hall–Kier alpha value is -2.70. The van der Waals surface area contributed by atoms with E-state index in [1.807, 2.05) is 34.7 Å². The first-order valence-electron chi connectivity index (χ1n) is 7.57. The Labute approximate surface area is 142 Å². The lowest BCUT2D eigenvalue weighted by molar-refractivity contribution is 0.0918. The van der Waals surface area contributed by atoms with Crippen molar-refractivity contribution in [3.05, 3.63) is 71.6 Å². The summed E-state index contributed by atoms with van der Waals surface area (Å²) in [7, 11) is 0. The number of carbonyl (C=O) groups is 1. The number of fused-ring (bicyclic) bond motifs is 2. The molecular formula is C18H15N3O2S. The van der Waals surface area contributed by atoms with Crippen LogP contribution >= 0.6 is 11.3 Å². The number of benzene rings is 1. The van der Waals surface area contributed by atoms with Gasteiger partial charge in [-0.05, 0) is 29.7 Å². The summed E-state index contributed by atoms with van der Waals surface area (Å²) in [4.78, 5) is 17.1. The fourth-order valence-electron chi connectivity index (χ4n) is 2.62. The highest BCUT2D eigenvalue weighted by Crippen LogP contribution is 2.29. The molecule has 0 saturated heterocycles. The van der Waals surface area contributed by atoms with Gasteiger partial charge in [-0.1, -0.05) is 18.2 Å². The average molecular weight is 337 g/mol. The Morgan fingerprint density at radius 2 is 2.17 bits per heavy atom. The number of aromatic nitrogens is 2. The van der Waals surface area contributed by atoms with E-state index in [4.69, 9.17) is 0 Å². The quantitative estimate of drug-likeness (QED) is 0.601. The highest BCUT2D eigenvalue weighted by molar-refractivity contribution is 7.19. The molecular weight excluding hydrogens is 322 g/mol. The van der Waals surface area contributed by atoms with Crippen molar-refractivity contribution in [1.82, 2.24) is 14.7 Å². The third kappa shape index (κ3) is 2.77. The van der Waals surface area contributed by atoms with Crippen molar-refractivity contribution in [2.45, 2.75) is 6.10 Å². The van der Waals surface area contributed by atoms with Gasteiger partial charge in [-0.3, -0.25) is 4.79 Å². The SMILES string of the molecule is O=C(NCC(O)c1cc2ccccc2s1)c1ccn2cncc2c1. The minimum Gasteiger partial charge on any atom is -0.386 e. The van der Waals surface area contributed by atoms with E-state index in [-0.39, 0.29) is 12.5 Å². The molecule has 4 aromatic rings. The molecule has 5 nitrogen and oxygen atoms in total. The second-order valence-electron chi connectivity index (χ2n) is 5.55. The van der Waals surface area contributed by atoms with Gasteiger partial charge in [0.2, 0.25) is 0 Å². The molecule has 0 spiro atoms. The van der Waals surface area contributed by atoms with Crippen LogP contribution in [0.2, 0.25) is 0 Å². The summed E-state index contributed by atoms with van der Waals surface area (Å²) >= 11 is 1.54. The molecule has 6 heteroatoms. The monoisotopic (exact) mass is 337 g/mol. The first kappa shape index (κ1) is 14.9. The number of rotatable bonds is 4. The second-order valence-corrected chi connectivity index (χ2v) is 6.67. The van der Waals surface area contributed by atoms with E-state index in [0.717, 1.165) is 20.5 Å². The predicted molar refractivity (Wildman–Crippen MR) is 94.3 cm³/mol. The van der Waals surface area contributed by atoms with Crippen LogP contribution < -0.4 is 5.32 Å². The number of nitrogens with zero attached hydrogens (tertiary/aromatic N) is 2. The maximum atomic E-state index is 12.3. The van der Waals surface area contributed by atoms with E-state index in [9.17, 15) is 9.90 Å². The molecule has 0 aliphatic heterocycles. The summed E-state index contributed by atoms with van der Waals surface area (Å²) in [5.41, 5.74) is 1.40. The van der Waals surface area contributed by atoms with Gasteiger partial charge in [0, 0.05) is 27.9 Å². The molecule has 0 fully saturated rings. The van der Waals surface area contributed by atoms with Gasteiger partial charge in [0.15, 0.2) is 0 Å². The molecule has 2 N–H and O–H groups in total. The molecule has 120 valence electrons. The number of thiophene rings is 1. The lowest BCUT2D eigenvalue weighted by Gasteiger charge is -2.10. The van der Waals surface area contributed by atoms with Gasteiger partial charge in [0.1, 0.15) is 6.10 Å². The Bertz CT molecular complexity index is 988. The average Bonchev–Trinajstić information content (AvgIpc) is 3.24. The van der Waals surface area contributed by atoms with Crippen LogP contribution in [0.15, 0.2) is 61.2 Å². The smallest absolute Gasteiger partial charge is 0.251 e. The van der Waals surface area contributed by atoms with Crippen molar-refractivity contribution in [3.63, 3.8) is 0 Å². The zero-order chi connectivity index (χ0) is 16.5. The van der Waals surface area contributed by atoms with E-state index in [1.54, 1.807) is 42.2 Å². The third-order valence-corrected chi connectivity index (χ3v) is 5.12. The lowest BCUT2D eigenvalue weighted by Crippen LogP contribution is -2.28. The van der Waals surface area contributed by atoms with Crippen LogP contribution in [0, 0.1) is 0 Å². The van der Waals surface area contributed by atoms with Crippen LogP contribution in [0.4, 0.5) is 0 Å². The first-order valence-corrected chi connectivity index (χ1v) is 8.39. The zero-order valence-corrected chi connectivity index (χ0v) is 13.5. The van der Waals surface area contributed by atoms with E-state index in [1.165, 1.54) is 0 Å². The molecule has 4 rings (SSSR count). The van der Waals surface area contributed by atoms with Crippen molar-refractivity contribution in [3.8, 4) is 0 Å². The predicted octanol–water partition coefficient (Wildman–Crippen LogP) is 3.01. The van der Waals surface area contributed by atoms with Gasteiger partial charge >= 0.3 is 0 Å². The Morgan fingerprint density at radius 3 is 3.04 bits per heavy atom. The summed E-state index contributed by atoms with van der Waals surface area (Å²) in [5.74, 6) is -0.209. The topological polar surface area (TPSA) is 66.6 Å². The number of aliphatic hydroxyl groups excluding tert-OH is 1. The Balaban J connectivity index is 1.45. The van der Waals surface area contributed by atoms with Gasteiger partial charge in [0.05, 0.1) is 18.0 Å². The van der Waals surface area contributed by atoms with Crippen LogP contribution in [0.1, 0.15) is 21.3 Å². The van der Waals surface area contributed by atoms with Crippen molar-refractivity contribution >= 4 is 32.8 Å². The normalized spacial score (nSPS) is 12.5. The van der Waals surface area contributed by atoms with Crippen LogP contribution in [-0.2, 0) is 0 Å². The summed E-state index contributed by atoms with van der Waals surface area (Å²) < 4.78 is 2.96. The summed E-state index contributed by atoms with van der Waals surface area (Å²) in [6, 6.07) is 13.5. The zero-order valence-electron chi connectivity index (χ0n) is 12.7. The summed E-state index contributed by atoms with van der Waals surface area (Å²) in [6.07, 6.45) is 4.45. The van der Waals surface area contributed by atoms with Gasteiger partial charge in [-0.2, -0.15) is 0 Å². The van der Waals surface area contributed by atoms with Crippen LogP contribution in [0.25, 0.3) is 15.6 Å². The van der Waals surface area contributed by atoms with Gasteiger partial charge in [-0.25, -0.2) is 4.98 Å². The Kier molecular flexibility index (Phi) is 3.76. The van der Waals surface area contributed by atoms with Crippen molar-refractivity contribution in [2.24, 2.45) is 0 Å². The number of amides is 1. The standard InChI is InChI=1S/C18H15N3O2S/c22-15(17-8-12-3-1-2-4-16(12)24-17)10-20-18(23)13-5-6-21-11-19-9-14(21)7-13/h1-9,11,15,22H,10H2,(H,20,23). The molecule has 3 aromatic heterocycles. The van der Waals surface area contributed by atoms with Crippen molar-refractivity contribution in [1.29, 1.82) is 0 Å². The number of hydrogen-bond acceptors (Lipinski definition) is 4. The van der Waals surface area contributed by atoms with E-state index in [2.05, 4.69) is 10.3 Å². The number of hydrogen-bond donors (Lipinski definition) is 2. The molecule has 1 atom stereocenters. The lowest BCUT2D eigenvalue weighted by atomic mass is 10.2. The van der Waals surface area contributed by atoms with Gasteiger partial charge < -0.3 is 14.8 Å². The highest BCUT2D eigenvalue weighted by Gasteiger charge is 2.14. The molecule has 0 bridgehead atoms. The largest absolute Gasteiger partial charge is 0.386 e. The van der Waals surface area contributed by atoms with Crippen molar-refractivity contribution in [2.75, 3.05) is 6.54 Å². The summed E-state index contributed by atoms with van der Waals surface area (Å²) in [5, 5.41) is 14.2. The summed E-state index contributed by atoms with van der Waals surface area (Å²) in [6.45, 7) is 0.177. The molecule has 1 amide bonds. The number of aliphatic hydroxyl groups is 1. The molecule has 24 heavy (non-hydrogen) atoms. The molecule has 1 aromatic carbocycles. The first-order chi connectivity index (χ1) is 11.7. The van der Waals surface area contributed by atoms with E-state index >= 15 is 0 Å². The number of carbonyl (C=O) groups excluding carboxylic acids is 1. The van der Waals surface area contributed by atoms with Gasteiger partial charge in [0.25, 0.3) is 5.91 Å². The number of pyridine rings is 1. The van der Waals surface area contributed by atoms with E-state index < -0.39 is 6.10 Å². The second kappa shape index (κ2) is 6.07. The van der Waals surface area contributed by atoms with Crippen LogP contribution in [0.5, 0.6) is 0 Å². The Morgan fingerprint density at radius 1 is 1.29 bits per heavy atom. The molecule has 3 heterocycles. The minimum absolute atomic E-state index is 0.177. The van der Waals surface area contributed by atoms with Crippen LogP contribution in [-0.4, -0.2) is 26.9 Å². The molecule has 1 unspecified atom stereocenters. The molecule has 0 radical (unpaired) electrons. The van der Waals surface area contributed by atoms with Crippen molar-refractivity contribution < 1.29 is 9.90 Å².